The lowest BCUT2D eigenvalue weighted by molar-refractivity contribution is -0.114. The summed E-state index contributed by atoms with van der Waals surface area (Å²) in [6.45, 7) is 1.37. The van der Waals surface area contributed by atoms with E-state index >= 15 is 0 Å². The lowest BCUT2D eigenvalue weighted by Crippen LogP contribution is -2.05. The molecule has 0 aliphatic rings. The number of aromatic hydroxyl groups is 1. The maximum atomic E-state index is 10.7. The highest BCUT2D eigenvalue weighted by molar-refractivity contribution is 5.90. The number of rotatable bonds is 2. The monoisotopic (exact) mass is 181 g/mol. The van der Waals surface area contributed by atoms with Gasteiger partial charge in [0, 0.05) is 13.0 Å². The highest BCUT2D eigenvalue weighted by Gasteiger charge is 2.03. The van der Waals surface area contributed by atoms with Gasteiger partial charge in [0.1, 0.15) is 11.5 Å². The van der Waals surface area contributed by atoms with Crippen LogP contribution in [0.25, 0.3) is 0 Å². The number of anilines is 1. The second kappa shape index (κ2) is 3.80. The molecule has 0 radical (unpaired) electrons. The molecule has 13 heavy (non-hydrogen) atoms. The van der Waals surface area contributed by atoms with Crippen LogP contribution in [0.1, 0.15) is 6.92 Å². The van der Waals surface area contributed by atoms with Crippen LogP contribution in [0, 0.1) is 0 Å². The van der Waals surface area contributed by atoms with Crippen molar-refractivity contribution in [1.82, 2.24) is 0 Å². The van der Waals surface area contributed by atoms with E-state index in [0.717, 1.165) is 0 Å². The Kier molecular flexibility index (Phi) is 2.74. The Balaban J connectivity index is 2.96. The number of carbonyl (C=O) groups is 1. The molecule has 0 aliphatic heterocycles. The first-order chi connectivity index (χ1) is 6.13. The van der Waals surface area contributed by atoms with Gasteiger partial charge in [0.2, 0.25) is 5.91 Å². The van der Waals surface area contributed by atoms with Crippen molar-refractivity contribution < 1.29 is 14.6 Å². The molecule has 4 nitrogen and oxygen atoms in total. The number of hydrogen-bond acceptors (Lipinski definition) is 3. The van der Waals surface area contributed by atoms with Crippen LogP contribution >= 0.6 is 0 Å². The van der Waals surface area contributed by atoms with Crippen molar-refractivity contribution in [2.24, 2.45) is 0 Å². The van der Waals surface area contributed by atoms with Crippen LogP contribution < -0.4 is 10.1 Å². The van der Waals surface area contributed by atoms with E-state index in [2.05, 4.69) is 5.32 Å². The Labute approximate surface area is 76.1 Å². The Bertz CT molecular complexity index is 323. The van der Waals surface area contributed by atoms with E-state index in [4.69, 9.17) is 4.74 Å². The fourth-order valence-corrected chi connectivity index (χ4v) is 0.932. The number of amides is 1. The quantitative estimate of drug-likeness (QED) is 0.677. The Morgan fingerprint density at radius 2 is 2.23 bits per heavy atom. The third-order valence-corrected chi connectivity index (χ3v) is 1.51. The molecule has 1 amide bonds. The first-order valence-corrected chi connectivity index (χ1v) is 3.78. The van der Waals surface area contributed by atoms with Gasteiger partial charge in [-0.3, -0.25) is 4.79 Å². The highest BCUT2D eigenvalue weighted by atomic mass is 16.5. The first kappa shape index (κ1) is 9.38. The maximum absolute atomic E-state index is 10.7. The van der Waals surface area contributed by atoms with Gasteiger partial charge in [-0.25, -0.2) is 0 Å². The largest absolute Gasteiger partial charge is 0.506 e. The molecule has 0 spiro atoms. The zero-order valence-corrected chi connectivity index (χ0v) is 7.50. The van der Waals surface area contributed by atoms with Crippen LogP contribution in [0.4, 0.5) is 5.69 Å². The SMILES string of the molecule is COc1ccc(O)c(NC(C)=O)c1. The number of phenolic OH excluding ortho intramolecular Hbond substituents is 1. The summed E-state index contributed by atoms with van der Waals surface area (Å²) >= 11 is 0. The first-order valence-electron chi connectivity index (χ1n) is 3.78. The maximum Gasteiger partial charge on any atom is 0.221 e. The molecule has 0 fully saturated rings. The number of carbonyl (C=O) groups excluding carboxylic acids is 1. The Morgan fingerprint density at radius 1 is 1.54 bits per heavy atom. The minimum absolute atomic E-state index is 0.0241. The summed E-state index contributed by atoms with van der Waals surface area (Å²) in [5, 5.41) is 11.8. The van der Waals surface area contributed by atoms with Gasteiger partial charge >= 0.3 is 0 Å². The number of benzene rings is 1. The Morgan fingerprint density at radius 3 is 2.77 bits per heavy atom. The van der Waals surface area contributed by atoms with Gasteiger partial charge in [0.25, 0.3) is 0 Å². The van der Waals surface area contributed by atoms with E-state index in [1.54, 1.807) is 12.1 Å². The predicted octanol–water partition coefficient (Wildman–Crippen LogP) is 1.36. The number of phenols is 1. The van der Waals surface area contributed by atoms with Gasteiger partial charge in [-0.1, -0.05) is 0 Å². The number of nitrogens with one attached hydrogen (secondary N) is 1. The van der Waals surface area contributed by atoms with Gasteiger partial charge < -0.3 is 15.2 Å². The molecular formula is C9H11NO3. The summed E-state index contributed by atoms with van der Waals surface area (Å²) in [7, 11) is 1.52. The van der Waals surface area contributed by atoms with Crippen LogP contribution in [0.15, 0.2) is 18.2 Å². The van der Waals surface area contributed by atoms with Crippen LogP contribution in [0.3, 0.4) is 0 Å². The molecule has 2 N–H and O–H groups in total. The molecule has 0 heterocycles. The highest BCUT2D eigenvalue weighted by Crippen LogP contribution is 2.27. The molecule has 0 aliphatic carbocycles. The van der Waals surface area contributed by atoms with Crippen molar-refractivity contribution in [2.75, 3.05) is 12.4 Å². The minimum Gasteiger partial charge on any atom is -0.506 e. The van der Waals surface area contributed by atoms with E-state index in [-0.39, 0.29) is 11.7 Å². The molecule has 0 saturated heterocycles. The summed E-state index contributed by atoms with van der Waals surface area (Å²) < 4.78 is 4.93. The summed E-state index contributed by atoms with van der Waals surface area (Å²) in [4.78, 5) is 10.7. The van der Waals surface area contributed by atoms with Gasteiger partial charge in [-0.2, -0.15) is 0 Å². The van der Waals surface area contributed by atoms with Gasteiger partial charge in [-0.15, -0.1) is 0 Å². The molecular weight excluding hydrogens is 170 g/mol. The minimum atomic E-state index is -0.233. The van der Waals surface area contributed by atoms with E-state index in [0.29, 0.717) is 11.4 Å². The molecule has 4 heteroatoms. The predicted molar refractivity (Wildman–Crippen MR) is 49.0 cm³/mol. The molecule has 70 valence electrons. The Hall–Kier alpha value is -1.71. The van der Waals surface area contributed by atoms with Crippen LogP contribution in [0.2, 0.25) is 0 Å². The molecule has 1 aromatic carbocycles. The van der Waals surface area contributed by atoms with Gasteiger partial charge in [0.05, 0.1) is 12.8 Å². The molecule has 0 unspecified atom stereocenters. The van der Waals surface area contributed by atoms with Crippen molar-refractivity contribution in [3.8, 4) is 11.5 Å². The summed E-state index contributed by atoms with van der Waals surface area (Å²) in [5.74, 6) is 0.376. The standard InChI is InChI=1S/C9H11NO3/c1-6(11)10-8-5-7(13-2)3-4-9(8)12/h3-5,12H,1-2H3,(H,10,11). The zero-order chi connectivity index (χ0) is 9.84. The topological polar surface area (TPSA) is 58.6 Å². The van der Waals surface area contributed by atoms with Gasteiger partial charge in [-0.05, 0) is 12.1 Å². The molecule has 0 atom stereocenters. The molecule has 1 aromatic rings. The number of methoxy groups -OCH3 is 1. The van der Waals surface area contributed by atoms with Crippen molar-refractivity contribution in [3.05, 3.63) is 18.2 Å². The van der Waals surface area contributed by atoms with E-state index < -0.39 is 0 Å². The van der Waals surface area contributed by atoms with E-state index in [1.807, 2.05) is 0 Å². The van der Waals surface area contributed by atoms with E-state index in [1.165, 1.54) is 20.1 Å². The second-order valence-corrected chi connectivity index (χ2v) is 2.56. The zero-order valence-electron chi connectivity index (χ0n) is 7.50. The summed E-state index contributed by atoms with van der Waals surface area (Å²) in [5.41, 5.74) is 0.354. The third-order valence-electron chi connectivity index (χ3n) is 1.51. The average Bonchev–Trinajstić information content (AvgIpc) is 2.08. The van der Waals surface area contributed by atoms with Crippen LogP contribution in [0.5, 0.6) is 11.5 Å². The number of hydrogen-bond donors (Lipinski definition) is 2. The second-order valence-electron chi connectivity index (χ2n) is 2.56. The summed E-state index contributed by atoms with van der Waals surface area (Å²) in [6, 6.07) is 4.63. The molecule has 0 saturated carbocycles. The lowest BCUT2D eigenvalue weighted by atomic mass is 10.2. The van der Waals surface area contributed by atoms with Crippen molar-refractivity contribution in [1.29, 1.82) is 0 Å². The number of ether oxygens (including phenoxy) is 1. The van der Waals surface area contributed by atoms with Crippen LogP contribution in [-0.4, -0.2) is 18.1 Å². The van der Waals surface area contributed by atoms with Crippen molar-refractivity contribution in [2.45, 2.75) is 6.92 Å². The van der Waals surface area contributed by atoms with Crippen molar-refractivity contribution in [3.63, 3.8) is 0 Å². The van der Waals surface area contributed by atoms with Crippen LogP contribution in [-0.2, 0) is 4.79 Å². The molecule has 0 bridgehead atoms. The average molecular weight is 181 g/mol. The molecule has 1 rings (SSSR count). The van der Waals surface area contributed by atoms with Gasteiger partial charge in [0.15, 0.2) is 0 Å². The van der Waals surface area contributed by atoms with Crippen molar-refractivity contribution >= 4 is 11.6 Å². The fraction of sp³-hybridized carbons (Fsp3) is 0.222. The summed E-state index contributed by atoms with van der Waals surface area (Å²) in [6.07, 6.45) is 0. The normalized spacial score (nSPS) is 9.38. The van der Waals surface area contributed by atoms with E-state index in [9.17, 15) is 9.90 Å². The lowest BCUT2D eigenvalue weighted by Gasteiger charge is -2.06. The molecule has 0 aromatic heterocycles. The smallest absolute Gasteiger partial charge is 0.221 e. The fourth-order valence-electron chi connectivity index (χ4n) is 0.932. The third kappa shape index (κ3) is 2.37.